The molecule has 0 heterocycles. The van der Waals surface area contributed by atoms with E-state index in [-0.39, 0.29) is 49.8 Å². The van der Waals surface area contributed by atoms with Gasteiger partial charge in [-0.3, -0.25) is 14.4 Å². The summed E-state index contributed by atoms with van der Waals surface area (Å²) in [6, 6.07) is 0. The highest BCUT2D eigenvalue weighted by Crippen LogP contribution is 2.18. The Kier molecular flexibility index (Phi) is 40.1. The van der Waals surface area contributed by atoms with E-state index < -0.39 is 6.16 Å². The van der Waals surface area contributed by atoms with Crippen LogP contribution in [-0.2, 0) is 38.1 Å². The van der Waals surface area contributed by atoms with E-state index in [0.717, 1.165) is 103 Å². The number of unbranched alkanes of at least 4 members (excludes halogenated alkanes) is 20. The lowest BCUT2D eigenvalue weighted by atomic mass is 10.0. The summed E-state index contributed by atoms with van der Waals surface area (Å²) in [6.45, 7) is 8.49. The lowest BCUT2D eigenvalue weighted by Crippen LogP contribution is -2.23. The number of ether oxygens (including phenoxy) is 5. The van der Waals surface area contributed by atoms with Gasteiger partial charge in [0.2, 0.25) is 0 Å². The quantitative estimate of drug-likeness (QED) is 0.0335. The second-order valence-corrected chi connectivity index (χ2v) is 16.5. The van der Waals surface area contributed by atoms with E-state index in [0.29, 0.717) is 32.3 Å². The molecule has 0 aliphatic heterocycles. The van der Waals surface area contributed by atoms with E-state index in [2.05, 4.69) is 20.8 Å². The fourth-order valence-corrected chi connectivity index (χ4v) is 6.79. The second kappa shape index (κ2) is 41.8. The van der Waals surface area contributed by atoms with Gasteiger partial charge in [0.15, 0.2) is 0 Å². The summed E-state index contributed by atoms with van der Waals surface area (Å²) in [6.07, 6.45) is 29.5. The van der Waals surface area contributed by atoms with Crippen LogP contribution < -0.4 is 0 Å². The molecule has 0 aromatic heterocycles. The third-order valence-corrected chi connectivity index (χ3v) is 10.5. The maximum atomic E-state index is 12.6. The van der Waals surface area contributed by atoms with Crippen molar-refractivity contribution >= 4 is 24.1 Å². The summed E-state index contributed by atoms with van der Waals surface area (Å²) in [5.74, 6) is -0.622. The molecule has 0 aliphatic rings. The third-order valence-electron chi connectivity index (χ3n) is 10.5. The van der Waals surface area contributed by atoms with Gasteiger partial charge in [0.05, 0.1) is 26.4 Å². The zero-order valence-corrected chi connectivity index (χ0v) is 37.7. The Labute approximate surface area is 350 Å². The smallest absolute Gasteiger partial charge is 0.466 e. The van der Waals surface area contributed by atoms with E-state index >= 15 is 0 Å². The van der Waals surface area contributed by atoms with Gasteiger partial charge in [-0.2, -0.15) is 0 Å². The summed E-state index contributed by atoms with van der Waals surface area (Å²) in [5.41, 5.74) is 0. The Hall–Kier alpha value is -2.36. The van der Waals surface area contributed by atoms with Crippen molar-refractivity contribution in [3.63, 3.8) is 0 Å². The summed E-state index contributed by atoms with van der Waals surface area (Å²) < 4.78 is 27.7. The number of esters is 3. The molecule has 0 bridgehead atoms. The van der Waals surface area contributed by atoms with Gasteiger partial charge < -0.3 is 28.6 Å². The highest BCUT2D eigenvalue weighted by molar-refractivity contribution is 5.70. The summed E-state index contributed by atoms with van der Waals surface area (Å²) >= 11 is 0. The van der Waals surface area contributed by atoms with Crippen molar-refractivity contribution in [3.8, 4) is 0 Å². The molecule has 0 amide bonds. The molecule has 0 saturated carbocycles. The zero-order valence-electron chi connectivity index (χ0n) is 37.7. The third kappa shape index (κ3) is 40.2. The molecule has 1 atom stereocenters. The molecule has 0 fully saturated rings. The van der Waals surface area contributed by atoms with E-state index in [1.165, 1.54) is 77.0 Å². The lowest BCUT2D eigenvalue weighted by Gasteiger charge is -2.18. The van der Waals surface area contributed by atoms with E-state index in [4.69, 9.17) is 23.7 Å². The average Bonchev–Trinajstić information content (AvgIpc) is 3.18. The number of rotatable bonds is 42. The van der Waals surface area contributed by atoms with Crippen LogP contribution in [0, 0.1) is 5.92 Å². The first kappa shape index (κ1) is 54.6. The molecule has 1 unspecified atom stereocenters. The minimum Gasteiger partial charge on any atom is -0.466 e. The first-order valence-corrected chi connectivity index (χ1v) is 23.7. The SMILES string of the molecule is CCCCCCCCCCCCC(CCOC(=O)CCCCCCC(COC(=O)CCCCCCC)COC(=O)CCCCCCC)OC(=O)OCCCN(C)C. The Balaban J connectivity index is 4.59. The predicted octanol–water partition coefficient (Wildman–Crippen LogP) is 12.5. The van der Waals surface area contributed by atoms with Gasteiger partial charge in [0.25, 0.3) is 0 Å². The summed E-state index contributed by atoms with van der Waals surface area (Å²) in [4.78, 5) is 51.7. The monoisotopic (exact) mass is 812 g/mol. The Bertz CT molecular complexity index is 914. The van der Waals surface area contributed by atoms with Crippen LogP contribution in [0.15, 0.2) is 0 Å². The molecular formula is C47H89NO9. The molecule has 0 radical (unpaired) electrons. The molecular weight excluding hydrogens is 723 g/mol. The van der Waals surface area contributed by atoms with Crippen LogP contribution >= 0.6 is 0 Å². The van der Waals surface area contributed by atoms with Crippen molar-refractivity contribution in [2.24, 2.45) is 5.92 Å². The van der Waals surface area contributed by atoms with Gasteiger partial charge in [-0.25, -0.2) is 4.79 Å². The minimum absolute atomic E-state index is 0.0335. The molecule has 10 heteroatoms. The summed E-state index contributed by atoms with van der Waals surface area (Å²) in [7, 11) is 3.97. The molecule has 57 heavy (non-hydrogen) atoms. The highest BCUT2D eigenvalue weighted by atomic mass is 16.7. The van der Waals surface area contributed by atoms with Gasteiger partial charge in [0, 0.05) is 38.1 Å². The first-order valence-electron chi connectivity index (χ1n) is 23.7. The second-order valence-electron chi connectivity index (χ2n) is 16.5. The van der Waals surface area contributed by atoms with Crippen LogP contribution in [0.2, 0.25) is 0 Å². The number of hydrogen-bond donors (Lipinski definition) is 0. The van der Waals surface area contributed by atoms with Gasteiger partial charge >= 0.3 is 24.1 Å². The predicted molar refractivity (Wildman–Crippen MR) is 231 cm³/mol. The van der Waals surface area contributed by atoms with E-state index in [1.807, 2.05) is 19.0 Å². The zero-order chi connectivity index (χ0) is 42.0. The van der Waals surface area contributed by atoms with Crippen molar-refractivity contribution in [2.45, 2.75) is 226 Å². The normalized spacial score (nSPS) is 11.8. The largest absolute Gasteiger partial charge is 0.508 e. The molecule has 0 N–H and O–H groups in total. The average molecular weight is 812 g/mol. The Morgan fingerprint density at radius 2 is 0.825 bits per heavy atom. The van der Waals surface area contributed by atoms with Crippen molar-refractivity contribution in [1.29, 1.82) is 0 Å². The lowest BCUT2D eigenvalue weighted by molar-refractivity contribution is -0.149. The van der Waals surface area contributed by atoms with Crippen LogP contribution in [0.5, 0.6) is 0 Å². The number of carbonyl (C=O) groups excluding carboxylic acids is 4. The molecule has 0 spiro atoms. The van der Waals surface area contributed by atoms with Gasteiger partial charge in [-0.15, -0.1) is 0 Å². The van der Waals surface area contributed by atoms with E-state index in [9.17, 15) is 19.2 Å². The Morgan fingerprint density at radius 1 is 0.421 bits per heavy atom. The molecule has 0 aromatic carbocycles. The molecule has 0 aliphatic carbocycles. The molecule has 10 nitrogen and oxygen atoms in total. The van der Waals surface area contributed by atoms with Crippen LogP contribution in [0.3, 0.4) is 0 Å². The Morgan fingerprint density at radius 3 is 1.28 bits per heavy atom. The summed E-state index contributed by atoms with van der Waals surface area (Å²) in [5, 5.41) is 0. The van der Waals surface area contributed by atoms with Gasteiger partial charge in [-0.1, -0.05) is 149 Å². The van der Waals surface area contributed by atoms with Gasteiger partial charge in [0.1, 0.15) is 6.10 Å². The molecule has 0 rings (SSSR count). The first-order chi connectivity index (χ1) is 27.7. The number of nitrogens with zero attached hydrogens (tertiary/aromatic N) is 1. The van der Waals surface area contributed by atoms with Crippen molar-refractivity contribution < 1.29 is 42.9 Å². The van der Waals surface area contributed by atoms with Crippen LogP contribution in [0.25, 0.3) is 0 Å². The van der Waals surface area contributed by atoms with Crippen molar-refractivity contribution in [1.82, 2.24) is 4.90 Å². The molecule has 336 valence electrons. The number of carbonyl (C=O) groups is 4. The maximum Gasteiger partial charge on any atom is 0.508 e. The molecule has 0 aromatic rings. The minimum atomic E-state index is -0.647. The van der Waals surface area contributed by atoms with Gasteiger partial charge in [-0.05, 0) is 59.0 Å². The molecule has 0 saturated heterocycles. The number of hydrogen-bond acceptors (Lipinski definition) is 10. The van der Waals surface area contributed by atoms with Crippen LogP contribution in [0.4, 0.5) is 4.79 Å². The maximum absolute atomic E-state index is 12.6. The van der Waals surface area contributed by atoms with Crippen molar-refractivity contribution in [3.05, 3.63) is 0 Å². The highest BCUT2D eigenvalue weighted by Gasteiger charge is 2.18. The van der Waals surface area contributed by atoms with Crippen LogP contribution in [-0.4, -0.2) is 82.1 Å². The van der Waals surface area contributed by atoms with E-state index in [1.54, 1.807) is 0 Å². The fraction of sp³-hybridized carbons (Fsp3) is 0.915. The fourth-order valence-electron chi connectivity index (χ4n) is 6.79. The van der Waals surface area contributed by atoms with Crippen LogP contribution in [0.1, 0.15) is 220 Å². The van der Waals surface area contributed by atoms with Crippen molar-refractivity contribution in [2.75, 3.05) is 47.1 Å². The standard InChI is InChI=1S/C47H89NO9/c1-6-9-12-15-16-17-18-19-22-26-32-43(57-47(52)54-38-30-37-48(4)5)36-39-53-44(49)33-29-24-23-25-31-42(40-55-45(50)34-27-20-13-10-7-2)41-56-46(51)35-28-21-14-11-8-3/h42-43H,6-41H2,1-5H3. The topological polar surface area (TPSA) is 118 Å².